The fraction of sp³-hybridized carbons (Fsp3) is 0. The van der Waals surface area contributed by atoms with Crippen LogP contribution in [0.5, 0.6) is 0 Å². The fourth-order valence-electron chi connectivity index (χ4n) is 9.46. The van der Waals surface area contributed by atoms with Gasteiger partial charge in [-0.2, -0.15) is 0 Å². The second kappa shape index (κ2) is 13.3. The van der Waals surface area contributed by atoms with Gasteiger partial charge in [-0.15, -0.1) is 11.3 Å². The number of thiophene rings is 1. The minimum Gasteiger partial charge on any atom is -0.309 e. The monoisotopic (exact) mass is 795 g/mol. The molecule has 284 valence electrons. The molecule has 0 saturated carbocycles. The predicted molar refractivity (Wildman–Crippen MR) is 255 cm³/mol. The first-order chi connectivity index (χ1) is 30.2. The molecule has 0 amide bonds. The van der Waals surface area contributed by atoms with Crippen molar-refractivity contribution in [3.8, 4) is 44.5 Å². The van der Waals surface area contributed by atoms with Gasteiger partial charge in [-0.1, -0.05) is 140 Å². The summed E-state index contributed by atoms with van der Waals surface area (Å²) in [7, 11) is 0. The van der Waals surface area contributed by atoms with Crippen molar-refractivity contribution in [3.05, 3.63) is 200 Å². The molecule has 0 N–H and O–H groups in total. The van der Waals surface area contributed by atoms with Crippen LogP contribution in [0.1, 0.15) is 0 Å². The van der Waals surface area contributed by atoms with Crippen LogP contribution in [0.15, 0.2) is 200 Å². The van der Waals surface area contributed by atoms with Crippen molar-refractivity contribution >= 4 is 86.7 Å². The van der Waals surface area contributed by atoms with E-state index in [-0.39, 0.29) is 0 Å². The van der Waals surface area contributed by atoms with Crippen molar-refractivity contribution in [1.82, 2.24) is 24.1 Å². The normalized spacial score (nSPS) is 11.9. The molecule has 5 aromatic heterocycles. The van der Waals surface area contributed by atoms with Gasteiger partial charge in [-0.05, 0) is 81.4 Å². The molecule has 0 atom stereocenters. The molecule has 6 heteroatoms. The van der Waals surface area contributed by atoms with Gasteiger partial charge < -0.3 is 4.57 Å². The zero-order valence-corrected chi connectivity index (χ0v) is 33.5. The Kier molecular flexibility index (Phi) is 7.41. The van der Waals surface area contributed by atoms with Crippen molar-refractivity contribution in [3.63, 3.8) is 0 Å². The minimum atomic E-state index is 0.657. The van der Waals surface area contributed by atoms with Gasteiger partial charge in [0.15, 0.2) is 0 Å². The average molecular weight is 796 g/mol. The SMILES string of the molecule is c1ccc(-c2cc3nc(-n4c5ccc(-c6ccc7c(c6)c6c8ccccc8ccc6n7-c6ccncc6)cc5c5ccc6ccccc6c54)nc(-c4ccccc4)c3s2)cc1. The van der Waals surface area contributed by atoms with Gasteiger partial charge >= 0.3 is 0 Å². The van der Waals surface area contributed by atoms with Crippen LogP contribution in [0, 0.1) is 0 Å². The maximum Gasteiger partial charge on any atom is 0.235 e. The number of pyridine rings is 1. The molecule has 13 rings (SSSR count). The van der Waals surface area contributed by atoms with Crippen LogP contribution >= 0.6 is 11.3 Å². The van der Waals surface area contributed by atoms with Crippen molar-refractivity contribution in [2.45, 2.75) is 0 Å². The molecule has 8 aromatic carbocycles. The summed E-state index contributed by atoms with van der Waals surface area (Å²) in [6.45, 7) is 0. The van der Waals surface area contributed by atoms with Gasteiger partial charge in [-0.3, -0.25) is 9.55 Å². The highest BCUT2D eigenvalue weighted by Gasteiger charge is 2.22. The number of hydrogen-bond acceptors (Lipinski definition) is 4. The molecule has 0 unspecified atom stereocenters. The van der Waals surface area contributed by atoms with Crippen LogP contribution in [-0.4, -0.2) is 24.1 Å². The van der Waals surface area contributed by atoms with E-state index in [0.29, 0.717) is 5.95 Å². The Morgan fingerprint density at radius 1 is 0.410 bits per heavy atom. The summed E-state index contributed by atoms with van der Waals surface area (Å²) >= 11 is 1.75. The maximum atomic E-state index is 5.48. The van der Waals surface area contributed by atoms with E-state index in [1.807, 2.05) is 12.4 Å². The van der Waals surface area contributed by atoms with Crippen molar-refractivity contribution < 1.29 is 0 Å². The largest absolute Gasteiger partial charge is 0.309 e. The van der Waals surface area contributed by atoms with Gasteiger partial charge in [0.25, 0.3) is 0 Å². The number of fused-ring (bicyclic) bond motifs is 11. The summed E-state index contributed by atoms with van der Waals surface area (Å²) in [5, 5.41) is 9.60. The third-order valence-electron chi connectivity index (χ3n) is 12.2. The van der Waals surface area contributed by atoms with Crippen molar-refractivity contribution in [2.24, 2.45) is 0 Å². The van der Waals surface area contributed by atoms with E-state index in [1.54, 1.807) is 11.3 Å². The van der Waals surface area contributed by atoms with Gasteiger partial charge in [0.05, 0.1) is 38.0 Å². The first kappa shape index (κ1) is 34.0. The van der Waals surface area contributed by atoms with E-state index in [0.717, 1.165) is 71.0 Å². The molecule has 5 nitrogen and oxygen atoms in total. The van der Waals surface area contributed by atoms with Crippen LogP contribution in [0.25, 0.3) is 120 Å². The second-order valence-electron chi connectivity index (χ2n) is 15.6. The van der Waals surface area contributed by atoms with Crippen molar-refractivity contribution in [2.75, 3.05) is 0 Å². The van der Waals surface area contributed by atoms with E-state index >= 15 is 0 Å². The lowest BCUT2D eigenvalue weighted by Crippen LogP contribution is -2.03. The molecule has 0 spiro atoms. The summed E-state index contributed by atoms with van der Waals surface area (Å²) in [6, 6.07) is 67.6. The third kappa shape index (κ3) is 5.22. The highest BCUT2D eigenvalue weighted by Crippen LogP contribution is 2.43. The highest BCUT2D eigenvalue weighted by atomic mass is 32.1. The molecule has 0 aliphatic rings. The summed E-state index contributed by atoms with van der Waals surface area (Å²) in [5.41, 5.74) is 12.0. The Labute approximate surface area is 354 Å². The van der Waals surface area contributed by atoms with Crippen LogP contribution in [0.3, 0.4) is 0 Å². The number of nitrogens with zero attached hydrogens (tertiary/aromatic N) is 5. The highest BCUT2D eigenvalue weighted by molar-refractivity contribution is 7.22. The summed E-state index contributed by atoms with van der Waals surface area (Å²) in [4.78, 5) is 16.4. The fourth-order valence-corrected chi connectivity index (χ4v) is 10.6. The molecule has 13 aromatic rings. The zero-order valence-electron chi connectivity index (χ0n) is 32.7. The summed E-state index contributed by atoms with van der Waals surface area (Å²) < 4.78 is 5.73. The number of hydrogen-bond donors (Lipinski definition) is 0. The predicted octanol–water partition coefficient (Wildman–Crippen LogP) is 14.6. The molecule has 0 aliphatic carbocycles. The second-order valence-corrected chi connectivity index (χ2v) is 16.7. The minimum absolute atomic E-state index is 0.657. The molecule has 5 heterocycles. The van der Waals surface area contributed by atoms with E-state index in [9.17, 15) is 0 Å². The Morgan fingerprint density at radius 3 is 1.80 bits per heavy atom. The smallest absolute Gasteiger partial charge is 0.235 e. The standard InChI is InChI=1S/C55H33N5S/c1-3-13-36(14-4-1)50-33-46-54(61-50)52(37-15-5-2-6-16-37)58-55(57-46)60-47-24-21-38(31-44(47)43-23-19-35-12-8-10-18-42(35)53(43)60)39-22-25-48-45(32-39)51-41-17-9-7-11-34(41)20-26-49(51)59(48)40-27-29-56-30-28-40/h1-33H. The Balaban J connectivity index is 1.07. The topological polar surface area (TPSA) is 48.5 Å². The lowest BCUT2D eigenvalue weighted by atomic mass is 9.98. The molecule has 0 bridgehead atoms. The lowest BCUT2D eigenvalue weighted by Gasteiger charge is -2.11. The Bertz CT molecular complexity index is 3860. The molecular weight excluding hydrogens is 763 g/mol. The van der Waals surface area contributed by atoms with Crippen LogP contribution in [-0.2, 0) is 0 Å². The average Bonchev–Trinajstić information content (AvgIpc) is 4.02. The van der Waals surface area contributed by atoms with E-state index in [1.165, 1.54) is 42.9 Å². The van der Waals surface area contributed by atoms with E-state index in [2.05, 4.69) is 202 Å². The number of benzene rings is 8. The molecular formula is C55H33N5S. The number of rotatable bonds is 5. The van der Waals surface area contributed by atoms with Crippen LogP contribution in [0.2, 0.25) is 0 Å². The quantitative estimate of drug-likeness (QED) is 0.174. The molecule has 0 fully saturated rings. The first-order valence-corrected chi connectivity index (χ1v) is 21.3. The third-order valence-corrected chi connectivity index (χ3v) is 13.4. The number of aromatic nitrogens is 5. The van der Waals surface area contributed by atoms with Gasteiger partial charge in [0, 0.05) is 55.5 Å². The van der Waals surface area contributed by atoms with E-state index < -0.39 is 0 Å². The summed E-state index contributed by atoms with van der Waals surface area (Å²) in [6.07, 6.45) is 3.73. The van der Waals surface area contributed by atoms with Crippen LogP contribution < -0.4 is 0 Å². The lowest BCUT2D eigenvalue weighted by molar-refractivity contribution is 1.02. The Hall–Kier alpha value is -7.93. The van der Waals surface area contributed by atoms with Gasteiger partial charge in [0.2, 0.25) is 5.95 Å². The summed E-state index contributed by atoms with van der Waals surface area (Å²) in [5.74, 6) is 0.657. The van der Waals surface area contributed by atoms with E-state index in [4.69, 9.17) is 9.97 Å². The Morgan fingerprint density at radius 2 is 1.03 bits per heavy atom. The molecule has 61 heavy (non-hydrogen) atoms. The molecule has 0 radical (unpaired) electrons. The first-order valence-electron chi connectivity index (χ1n) is 20.5. The molecule has 0 aliphatic heterocycles. The zero-order chi connectivity index (χ0) is 40.0. The van der Waals surface area contributed by atoms with Crippen LogP contribution in [0.4, 0.5) is 0 Å². The maximum absolute atomic E-state index is 5.48. The van der Waals surface area contributed by atoms with Crippen molar-refractivity contribution in [1.29, 1.82) is 0 Å². The van der Waals surface area contributed by atoms with Gasteiger partial charge in [0.1, 0.15) is 0 Å². The van der Waals surface area contributed by atoms with Gasteiger partial charge in [-0.25, -0.2) is 9.97 Å². The molecule has 0 saturated heterocycles.